The van der Waals surface area contributed by atoms with Gasteiger partial charge in [0.1, 0.15) is 0 Å². The zero-order valence-corrected chi connectivity index (χ0v) is 9.59. The molecule has 1 saturated heterocycles. The van der Waals surface area contributed by atoms with Gasteiger partial charge in [0.15, 0.2) is 0 Å². The van der Waals surface area contributed by atoms with Crippen LogP contribution in [-0.2, 0) is 4.74 Å². The van der Waals surface area contributed by atoms with Crippen LogP contribution < -0.4 is 5.32 Å². The third-order valence-corrected chi connectivity index (χ3v) is 2.86. The lowest BCUT2D eigenvalue weighted by molar-refractivity contribution is 0.0374. The van der Waals surface area contributed by atoms with Crippen LogP contribution in [0.4, 0.5) is 0 Å². The van der Waals surface area contributed by atoms with E-state index < -0.39 is 0 Å². The van der Waals surface area contributed by atoms with Gasteiger partial charge in [0, 0.05) is 19.1 Å². The Morgan fingerprint density at radius 3 is 2.71 bits per heavy atom. The van der Waals surface area contributed by atoms with E-state index >= 15 is 0 Å². The molecule has 0 bridgehead atoms. The Bertz CT molecular complexity index is 135. The highest BCUT2D eigenvalue weighted by Crippen LogP contribution is 1.97. The molecule has 0 amide bonds. The largest absolute Gasteiger partial charge is 0.379 e. The lowest BCUT2D eigenvalue weighted by Crippen LogP contribution is -2.38. The van der Waals surface area contributed by atoms with E-state index in [0.717, 1.165) is 32.8 Å². The summed E-state index contributed by atoms with van der Waals surface area (Å²) < 4.78 is 5.30. The fourth-order valence-electron chi connectivity index (χ4n) is 1.62. The average Bonchev–Trinajstić information content (AvgIpc) is 2.25. The van der Waals surface area contributed by atoms with Gasteiger partial charge in [0.2, 0.25) is 0 Å². The zero-order chi connectivity index (χ0) is 10.2. The minimum absolute atomic E-state index is 0.666. The Morgan fingerprint density at radius 1 is 1.36 bits per heavy atom. The van der Waals surface area contributed by atoms with Crippen LogP contribution >= 0.6 is 0 Å². The molecular weight excluding hydrogens is 176 g/mol. The number of nitrogens with zero attached hydrogens (tertiary/aromatic N) is 1. The Balaban J connectivity index is 1.92. The molecule has 1 rings (SSSR count). The summed E-state index contributed by atoms with van der Waals surface area (Å²) in [6, 6.07) is 0.666. The Morgan fingerprint density at radius 2 is 2.07 bits per heavy atom. The van der Waals surface area contributed by atoms with Gasteiger partial charge in [0.25, 0.3) is 0 Å². The Hall–Kier alpha value is -0.120. The molecule has 1 heterocycles. The van der Waals surface area contributed by atoms with Crippen molar-refractivity contribution in [1.82, 2.24) is 10.2 Å². The molecule has 0 saturated carbocycles. The van der Waals surface area contributed by atoms with Crippen LogP contribution in [0.25, 0.3) is 0 Å². The minimum atomic E-state index is 0.666. The van der Waals surface area contributed by atoms with Gasteiger partial charge >= 0.3 is 0 Å². The highest BCUT2D eigenvalue weighted by atomic mass is 16.5. The van der Waals surface area contributed by atoms with Crippen molar-refractivity contribution < 1.29 is 4.74 Å². The topological polar surface area (TPSA) is 24.5 Å². The quantitative estimate of drug-likeness (QED) is 0.650. The van der Waals surface area contributed by atoms with Crippen LogP contribution in [0.3, 0.4) is 0 Å². The van der Waals surface area contributed by atoms with Crippen LogP contribution in [0.5, 0.6) is 0 Å². The first kappa shape index (κ1) is 12.0. The standard InChI is InChI=1S/C11H24N2O/c1-3-11(2)12-5-4-6-13-7-9-14-10-8-13/h11-12H,3-10H2,1-2H3/t11-/m0/s1. The second kappa shape index (κ2) is 7.21. The molecule has 1 fully saturated rings. The number of hydrogen-bond acceptors (Lipinski definition) is 3. The van der Waals surface area contributed by atoms with Crippen molar-refractivity contribution >= 4 is 0 Å². The van der Waals surface area contributed by atoms with E-state index in [2.05, 4.69) is 24.1 Å². The van der Waals surface area contributed by atoms with Gasteiger partial charge in [-0.25, -0.2) is 0 Å². The molecule has 0 spiro atoms. The maximum atomic E-state index is 5.30. The molecule has 0 radical (unpaired) electrons. The monoisotopic (exact) mass is 200 g/mol. The van der Waals surface area contributed by atoms with Gasteiger partial charge in [-0.15, -0.1) is 0 Å². The maximum Gasteiger partial charge on any atom is 0.0594 e. The molecular formula is C11H24N2O. The molecule has 3 nitrogen and oxygen atoms in total. The maximum absolute atomic E-state index is 5.30. The van der Waals surface area contributed by atoms with Crippen molar-refractivity contribution in [1.29, 1.82) is 0 Å². The lowest BCUT2D eigenvalue weighted by Gasteiger charge is -2.26. The molecule has 1 N–H and O–H groups in total. The third-order valence-electron chi connectivity index (χ3n) is 2.86. The van der Waals surface area contributed by atoms with Crippen molar-refractivity contribution in [2.75, 3.05) is 39.4 Å². The van der Waals surface area contributed by atoms with Crippen LogP contribution in [-0.4, -0.2) is 50.3 Å². The molecule has 1 aliphatic rings. The number of ether oxygens (including phenoxy) is 1. The summed E-state index contributed by atoms with van der Waals surface area (Å²) >= 11 is 0. The molecule has 1 atom stereocenters. The minimum Gasteiger partial charge on any atom is -0.379 e. The van der Waals surface area contributed by atoms with Crippen molar-refractivity contribution in [3.8, 4) is 0 Å². The summed E-state index contributed by atoms with van der Waals surface area (Å²) in [5.41, 5.74) is 0. The van der Waals surface area contributed by atoms with Gasteiger partial charge in [-0.2, -0.15) is 0 Å². The van der Waals surface area contributed by atoms with E-state index in [1.54, 1.807) is 0 Å². The fraction of sp³-hybridized carbons (Fsp3) is 1.00. The summed E-state index contributed by atoms with van der Waals surface area (Å²) in [5.74, 6) is 0. The van der Waals surface area contributed by atoms with Crippen LogP contribution in [0, 0.1) is 0 Å². The van der Waals surface area contributed by atoms with E-state index in [1.807, 2.05) is 0 Å². The second-order valence-electron chi connectivity index (χ2n) is 4.07. The second-order valence-corrected chi connectivity index (χ2v) is 4.07. The van der Waals surface area contributed by atoms with Crippen molar-refractivity contribution in [2.24, 2.45) is 0 Å². The fourth-order valence-corrected chi connectivity index (χ4v) is 1.62. The van der Waals surface area contributed by atoms with Gasteiger partial charge in [-0.1, -0.05) is 6.92 Å². The number of hydrogen-bond donors (Lipinski definition) is 1. The van der Waals surface area contributed by atoms with Gasteiger partial charge < -0.3 is 10.1 Å². The molecule has 84 valence electrons. The molecule has 3 heteroatoms. The highest BCUT2D eigenvalue weighted by Gasteiger charge is 2.08. The lowest BCUT2D eigenvalue weighted by atomic mass is 10.2. The molecule has 0 unspecified atom stereocenters. The first-order chi connectivity index (χ1) is 6.83. The molecule has 0 aromatic heterocycles. The van der Waals surface area contributed by atoms with E-state index in [-0.39, 0.29) is 0 Å². The number of rotatable bonds is 6. The normalized spacial score (nSPS) is 21.0. The van der Waals surface area contributed by atoms with E-state index in [9.17, 15) is 0 Å². The number of morpholine rings is 1. The van der Waals surface area contributed by atoms with Crippen LogP contribution in [0.2, 0.25) is 0 Å². The SMILES string of the molecule is CC[C@H](C)NCCCN1CCOCC1. The Labute approximate surface area is 87.8 Å². The summed E-state index contributed by atoms with van der Waals surface area (Å²) in [6.07, 6.45) is 2.47. The predicted octanol–water partition coefficient (Wildman–Crippen LogP) is 1.10. The van der Waals surface area contributed by atoms with Crippen molar-refractivity contribution in [2.45, 2.75) is 32.7 Å². The first-order valence-electron chi connectivity index (χ1n) is 5.86. The summed E-state index contributed by atoms with van der Waals surface area (Å²) in [5, 5.41) is 3.51. The van der Waals surface area contributed by atoms with E-state index in [1.165, 1.54) is 19.4 Å². The van der Waals surface area contributed by atoms with Crippen LogP contribution in [0.15, 0.2) is 0 Å². The molecule has 14 heavy (non-hydrogen) atoms. The smallest absolute Gasteiger partial charge is 0.0594 e. The average molecular weight is 200 g/mol. The molecule has 0 aromatic carbocycles. The summed E-state index contributed by atoms with van der Waals surface area (Å²) in [7, 11) is 0. The summed E-state index contributed by atoms with van der Waals surface area (Å²) in [4.78, 5) is 2.49. The summed E-state index contributed by atoms with van der Waals surface area (Å²) in [6.45, 7) is 10.9. The molecule has 1 aliphatic heterocycles. The van der Waals surface area contributed by atoms with Gasteiger partial charge in [-0.3, -0.25) is 4.90 Å². The van der Waals surface area contributed by atoms with E-state index in [0.29, 0.717) is 6.04 Å². The van der Waals surface area contributed by atoms with E-state index in [4.69, 9.17) is 4.74 Å². The number of nitrogens with one attached hydrogen (secondary N) is 1. The predicted molar refractivity (Wildman–Crippen MR) is 59.6 cm³/mol. The zero-order valence-electron chi connectivity index (χ0n) is 9.59. The first-order valence-corrected chi connectivity index (χ1v) is 5.86. The van der Waals surface area contributed by atoms with Gasteiger partial charge in [-0.05, 0) is 32.9 Å². The molecule has 0 aliphatic carbocycles. The van der Waals surface area contributed by atoms with Gasteiger partial charge in [0.05, 0.1) is 13.2 Å². The van der Waals surface area contributed by atoms with Crippen LogP contribution in [0.1, 0.15) is 26.7 Å². The third kappa shape index (κ3) is 4.94. The van der Waals surface area contributed by atoms with Crippen molar-refractivity contribution in [3.05, 3.63) is 0 Å². The Kier molecular flexibility index (Phi) is 6.15. The molecule has 0 aromatic rings. The highest BCUT2D eigenvalue weighted by molar-refractivity contribution is 4.63. The van der Waals surface area contributed by atoms with Crippen molar-refractivity contribution in [3.63, 3.8) is 0 Å².